The van der Waals surface area contributed by atoms with E-state index in [0.29, 0.717) is 5.69 Å². The highest BCUT2D eigenvalue weighted by atomic mass is 16.1. The quantitative estimate of drug-likeness (QED) is 0.580. The Labute approximate surface area is 101 Å². The predicted octanol–water partition coefficient (Wildman–Crippen LogP) is 3.23. The van der Waals surface area contributed by atoms with Crippen LogP contribution in [0.2, 0.25) is 0 Å². The van der Waals surface area contributed by atoms with Gasteiger partial charge in [0.25, 0.3) is 0 Å². The van der Waals surface area contributed by atoms with Gasteiger partial charge in [-0.2, -0.15) is 0 Å². The predicted molar refractivity (Wildman–Crippen MR) is 70.0 cm³/mol. The molecular weight excluding hydrogens is 210 g/mol. The van der Waals surface area contributed by atoms with Crippen LogP contribution in [0.3, 0.4) is 0 Å². The number of benzene rings is 1. The van der Waals surface area contributed by atoms with Gasteiger partial charge in [-0.25, -0.2) is 0 Å². The van der Waals surface area contributed by atoms with Crippen molar-refractivity contribution in [2.24, 2.45) is 7.05 Å². The van der Waals surface area contributed by atoms with E-state index in [2.05, 4.69) is 0 Å². The lowest BCUT2D eigenvalue weighted by Gasteiger charge is -1.99. The Morgan fingerprint density at radius 3 is 2.59 bits per heavy atom. The van der Waals surface area contributed by atoms with Crippen molar-refractivity contribution in [1.82, 2.24) is 4.57 Å². The molecule has 0 aliphatic heterocycles. The molecule has 0 radical (unpaired) electrons. The van der Waals surface area contributed by atoms with E-state index in [9.17, 15) is 4.79 Å². The highest BCUT2D eigenvalue weighted by Crippen LogP contribution is 2.10. The van der Waals surface area contributed by atoms with E-state index in [1.807, 2.05) is 67.2 Å². The molecule has 0 saturated heterocycles. The lowest BCUT2D eigenvalue weighted by molar-refractivity contribution is 0.104. The Kier molecular flexibility index (Phi) is 3.24. The first-order chi connectivity index (χ1) is 8.18. The van der Waals surface area contributed by atoms with Crippen LogP contribution < -0.4 is 0 Å². The van der Waals surface area contributed by atoms with Crippen LogP contribution in [0.15, 0.2) is 48.7 Å². The molecule has 0 saturated carbocycles. The Hall–Kier alpha value is -2.09. The van der Waals surface area contributed by atoms with Gasteiger partial charge in [0.1, 0.15) is 0 Å². The van der Waals surface area contributed by atoms with Crippen LogP contribution in [0.5, 0.6) is 0 Å². The smallest absolute Gasteiger partial charge is 0.202 e. The van der Waals surface area contributed by atoms with Crippen LogP contribution >= 0.6 is 0 Å². The summed E-state index contributed by atoms with van der Waals surface area (Å²) in [7, 11) is 1.87. The molecule has 0 N–H and O–H groups in total. The van der Waals surface area contributed by atoms with Crippen LogP contribution in [0.4, 0.5) is 0 Å². The summed E-state index contributed by atoms with van der Waals surface area (Å²) in [6.07, 6.45) is 5.36. The largest absolute Gasteiger partial charge is 0.348 e. The molecule has 0 aliphatic rings. The van der Waals surface area contributed by atoms with Crippen molar-refractivity contribution in [2.45, 2.75) is 6.92 Å². The molecule has 2 heteroatoms. The van der Waals surface area contributed by atoms with Gasteiger partial charge in [-0.3, -0.25) is 4.79 Å². The van der Waals surface area contributed by atoms with E-state index in [4.69, 9.17) is 0 Å². The SMILES string of the molecule is Cc1ccccc1/C=C/C(=O)c1cccn1C. The molecule has 0 bridgehead atoms. The maximum atomic E-state index is 11.9. The molecular formula is C15H15NO. The molecule has 2 nitrogen and oxygen atoms in total. The van der Waals surface area contributed by atoms with E-state index in [1.54, 1.807) is 6.08 Å². The average molecular weight is 225 g/mol. The summed E-state index contributed by atoms with van der Waals surface area (Å²) in [4.78, 5) is 11.9. The third kappa shape index (κ3) is 2.53. The summed E-state index contributed by atoms with van der Waals surface area (Å²) in [6, 6.07) is 11.7. The fourth-order valence-corrected chi connectivity index (χ4v) is 1.74. The van der Waals surface area contributed by atoms with Gasteiger partial charge in [0.15, 0.2) is 0 Å². The van der Waals surface area contributed by atoms with E-state index in [0.717, 1.165) is 5.56 Å². The fourth-order valence-electron chi connectivity index (χ4n) is 1.74. The topological polar surface area (TPSA) is 22.0 Å². The van der Waals surface area contributed by atoms with Crippen molar-refractivity contribution < 1.29 is 4.79 Å². The number of allylic oxidation sites excluding steroid dienone is 1. The number of carbonyl (C=O) groups excluding carboxylic acids is 1. The zero-order valence-corrected chi connectivity index (χ0v) is 10.1. The Morgan fingerprint density at radius 2 is 1.94 bits per heavy atom. The molecule has 0 spiro atoms. The molecule has 1 heterocycles. The molecule has 0 amide bonds. The van der Waals surface area contributed by atoms with Gasteiger partial charge in [-0.15, -0.1) is 0 Å². The minimum absolute atomic E-state index is 0.0285. The summed E-state index contributed by atoms with van der Waals surface area (Å²) in [5.74, 6) is 0.0285. The molecule has 86 valence electrons. The van der Waals surface area contributed by atoms with Gasteiger partial charge >= 0.3 is 0 Å². The lowest BCUT2D eigenvalue weighted by atomic mass is 10.1. The summed E-state index contributed by atoms with van der Waals surface area (Å²) in [5.41, 5.74) is 2.95. The molecule has 0 fully saturated rings. The number of carbonyl (C=O) groups is 1. The van der Waals surface area contributed by atoms with Gasteiger partial charge in [-0.1, -0.05) is 30.3 Å². The molecule has 2 rings (SSSR count). The van der Waals surface area contributed by atoms with E-state index >= 15 is 0 Å². The second-order valence-corrected chi connectivity index (χ2v) is 4.06. The van der Waals surface area contributed by atoms with Crippen molar-refractivity contribution in [3.8, 4) is 0 Å². The molecule has 0 aliphatic carbocycles. The summed E-state index contributed by atoms with van der Waals surface area (Å²) < 4.78 is 1.82. The van der Waals surface area contributed by atoms with E-state index in [1.165, 1.54) is 5.56 Å². The number of rotatable bonds is 3. The zero-order chi connectivity index (χ0) is 12.3. The van der Waals surface area contributed by atoms with Crippen LogP contribution in [0.1, 0.15) is 21.6 Å². The highest BCUT2D eigenvalue weighted by molar-refractivity contribution is 6.05. The molecule has 2 aromatic rings. The molecule has 17 heavy (non-hydrogen) atoms. The summed E-state index contributed by atoms with van der Waals surface area (Å²) in [6.45, 7) is 2.03. The van der Waals surface area contributed by atoms with Gasteiger partial charge in [0, 0.05) is 13.2 Å². The number of nitrogens with zero attached hydrogens (tertiary/aromatic N) is 1. The molecule has 0 atom stereocenters. The average Bonchev–Trinajstić information content (AvgIpc) is 2.74. The normalized spacial score (nSPS) is 10.9. The first kappa shape index (κ1) is 11.4. The number of aromatic nitrogens is 1. The number of ketones is 1. The minimum atomic E-state index is 0.0285. The van der Waals surface area contributed by atoms with Crippen molar-refractivity contribution >= 4 is 11.9 Å². The number of hydrogen-bond donors (Lipinski definition) is 0. The standard InChI is InChI=1S/C15H15NO/c1-12-6-3-4-7-13(12)9-10-15(17)14-8-5-11-16(14)2/h3-11H,1-2H3/b10-9+. The van der Waals surface area contributed by atoms with Gasteiger partial charge < -0.3 is 4.57 Å². The maximum Gasteiger partial charge on any atom is 0.202 e. The van der Waals surface area contributed by atoms with Crippen LogP contribution in [-0.2, 0) is 7.05 Å². The maximum absolute atomic E-state index is 11.9. The first-order valence-corrected chi connectivity index (χ1v) is 5.58. The van der Waals surface area contributed by atoms with Gasteiger partial charge in [0.05, 0.1) is 5.69 Å². The second-order valence-electron chi connectivity index (χ2n) is 4.06. The molecule has 1 aromatic carbocycles. The van der Waals surface area contributed by atoms with Gasteiger partial charge in [-0.05, 0) is 36.3 Å². The first-order valence-electron chi connectivity index (χ1n) is 5.58. The zero-order valence-electron chi connectivity index (χ0n) is 10.1. The Morgan fingerprint density at radius 1 is 1.18 bits per heavy atom. The monoisotopic (exact) mass is 225 g/mol. The van der Waals surface area contributed by atoms with Crippen LogP contribution in [-0.4, -0.2) is 10.4 Å². The summed E-state index contributed by atoms with van der Waals surface area (Å²) in [5, 5.41) is 0. The van der Waals surface area contributed by atoms with Crippen molar-refractivity contribution in [1.29, 1.82) is 0 Å². The molecule has 1 aromatic heterocycles. The Balaban J connectivity index is 2.20. The summed E-state index contributed by atoms with van der Waals surface area (Å²) >= 11 is 0. The van der Waals surface area contributed by atoms with Crippen molar-refractivity contribution in [2.75, 3.05) is 0 Å². The highest BCUT2D eigenvalue weighted by Gasteiger charge is 2.04. The van der Waals surface area contributed by atoms with Crippen molar-refractivity contribution in [3.05, 3.63) is 65.5 Å². The lowest BCUT2D eigenvalue weighted by Crippen LogP contribution is -2.01. The third-order valence-corrected chi connectivity index (χ3v) is 2.80. The van der Waals surface area contributed by atoms with Crippen LogP contribution in [0.25, 0.3) is 6.08 Å². The van der Waals surface area contributed by atoms with E-state index < -0.39 is 0 Å². The Bertz CT molecular complexity index is 564. The van der Waals surface area contributed by atoms with Gasteiger partial charge in [0.2, 0.25) is 5.78 Å². The number of hydrogen-bond acceptors (Lipinski definition) is 1. The van der Waals surface area contributed by atoms with E-state index in [-0.39, 0.29) is 5.78 Å². The second kappa shape index (κ2) is 4.83. The third-order valence-electron chi connectivity index (χ3n) is 2.80. The van der Waals surface area contributed by atoms with Crippen molar-refractivity contribution in [3.63, 3.8) is 0 Å². The van der Waals surface area contributed by atoms with Crippen LogP contribution in [0, 0.1) is 6.92 Å². The molecule has 0 unspecified atom stereocenters. The minimum Gasteiger partial charge on any atom is -0.348 e. The number of aryl methyl sites for hydroxylation is 2. The fraction of sp³-hybridized carbons (Fsp3) is 0.133.